The zero-order valence-electron chi connectivity index (χ0n) is 27.3. The fourth-order valence-electron chi connectivity index (χ4n) is 6.20. The summed E-state index contributed by atoms with van der Waals surface area (Å²) in [5.41, 5.74) is 4.81. The number of aliphatic hydroxyl groups is 1. The Bertz CT molecular complexity index is 1900. The smallest absolute Gasteiger partial charge is 0.145 e. The monoisotopic (exact) mass is 707 g/mol. The first-order chi connectivity index (χ1) is 24.6. The normalized spacial score (nSPS) is 20.6. The Morgan fingerprint density at radius 3 is 1.88 bits per heavy atom. The van der Waals surface area contributed by atoms with Gasteiger partial charge in [0.2, 0.25) is 0 Å². The number of hydrogen-bond acceptors (Lipinski definition) is 8. The number of ether oxygens (including phenoxy) is 4. The van der Waals surface area contributed by atoms with E-state index in [0.29, 0.717) is 31.3 Å². The average Bonchev–Trinajstić information content (AvgIpc) is 3.87. The molecule has 0 bridgehead atoms. The van der Waals surface area contributed by atoms with E-state index in [9.17, 15) is 5.11 Å². The van der Waals surface area contributed by atoms with E-state index in [1.807, 2.05) is 128 Å². The maximum atomic E-state index is 10.8. The lowest BCUT2D eigenvalue weighted by Gasteiger charge is -2.46. The van der Waals surface area contributed by atoms with Gasteiger partial charge in [0.15, 0.2) is 0 Å². The molecule has 1 aliphatic rings. The maximum Gasteiger partial charge on any atom is 0.145 e. The quantitative estimate of drug-likeness (QED) is 0.121. The second-order valence-electron chi connectivity index (χ2n) is 12.2. The highest BCUT2D eigenvalue weighted by Crippen LogP contribution is 2.40. The largest absolute Gasteiger partial charge is 0.463 e. The van der Waals surface area contributed by atoms with Crippen LogP contribution in [0.5, 0.6) is 0 Å². The molecule has 0 spiro atoms. The highest BCUT2D eigenvalue weighted by atomic mass is 35.5. The van der Waals surface area contributed by atoms with Crippen molar-refractivity contribution in [1.29, 1.82) is 0 Å². The molecule has 3 heterocycles. The average molecular weight is 708 g/mol. The summed E-state index contributed by atoms with van der Waals surface area (Å²) in [4.78, 5) is 5.60. The van der Waals surface area contributed by atoms with Crippen LogP contribution in [-0.2, 0) is 45.2 Å². The molecule has 1 fully saturated rings. The van der Waals surface area contributed by atoms with Gasteiger partial charge in [-0.05, 0) is 46.0 Å². The molecule has 1 aliphatic heterocycles. The molecule has 7 rings (SSSR count). The molecule has 7 nitrogen and oxygen atoms in total. The van der Waals surface area contributed by atoms with Crippen LogP contribution in [0, 0.1) is 0 Å². The Balaban J connectivity index is 1.22. The van der Waals surface area contributed by atoms with Crippen molar-refractivity contribution in [2.45, 2.75) is 56.8 Å². The van der Waals surface area contributed by atoms with Crippen molar-refractivity contribution in [2.75, 3.05) is 6.61 Å². The van der Waals surface area contributed by atoms with Crippen LogP contribution in [0.1, 0.15) is 38.9 Å². The van der Waals surface area contributed by atoms with Crippen molar-refractivity contribution >= 4 is 22.9 Å². The van der Waals surface area contributed by atoms with Crippen molar-refractivity contribution in [3.63, 3.8) is 0 Å². The lowest BCUT2D eigenvalue weighted by atomic mass is 9.89. The van der Waals surface area contributed by atoms with Gasteiger partial charge in [-0.2, -0.15) is 0 Å². The number of aliphatic hydroxyl groups excluding tert-OH is 1. The van der Waals surface area contributed by atoms with Crippen molar-refractivity contribution in [3.05, 3.63) is 172 Å². The van der Waals surface area contributed by atoms with E-state index in [-0.39, 0.29) is 6.61 Å². The zero-order chi connectivity index (χ0) is 34.1. The summed E-state index contributed by atoms with van der Waals surface area (Å²) >= 11 is 8.36. The van der Waals surface area contributed by atoms with Gasteiger partial charge in [0.25, 0.3) is 0 Å². The molecule has 1 saturated heterocycles. The molecule has 0 saturated carbocycles. The van der Waals surface area contributed by atoms with Crippen LogP contribution in [0.4, 0.5) is 0 Å². The van der Waals surface area contributed by atoms with Crippen molar-refractivity contribution in [2.24, 2.45) is 0 Å². The summed E-state index contributed by atoms with van der Waals surface area (Å²) in [5.74, 6) is 0.781. The molecule has 0 aliphatic carbocycles. The minimum atomic E-state index is -0.685. The Hall–Kier alpha value is -4.12. The fraction of sp³-hybridized carbons (Fsp3) is 0.244. The lowest BCUT2D eigenvalue weighted by Crippen LogP contribution is -2.58. The van der Waals surface area contributed by atoms with Crippen LogP contribution in [0.2, 0.25) is 5.02 Å². The first-order valence-electron chi connectivity index (χ1n) is 16.6. The van der Waals surface area contributed by atoms with E-state index in [4.69, 9.17) is 35.0 Å². The van der Waals surface area contributed by atoms with Gasteiger partial charge in [0.05, 0.1) is 42.6 Å². The van der Waals surface area contributed by atoms with Gasteiger partial charge in [-0.1, -0.05) is 115 Å². The van der Waals surface area contributed by atoms with Gasteiger partial charge in [0, 0.05) is 17.6 Å². The molecule has 4 aromatic carbocycles. The molecule has 0 radical (unpaired) electrons. The highest BCUT2D eigenvalue weighted by Gasteiger charge is 2.48. The van der Waals surface area contributed by atoms with E-state index in [2.05, 4.69) is 4.98 Å². The van der Waals surface area contributed by atoms with Gasteiger partial charge < -0.3 is 28.5 Å². The van der Waals surface area contributed by atoms with E-state index < -0.39 is 30.5 Å². The number of halogens is 1. The molecule has 256 valence electrons. The third kappa shape index (κ3) is 8.42. The molecular formula is C41H38ClNO6S. The summed E-state index contributed by atoms with van der Waals surface area (Å²) in [6, 6.07) is 39.7. The maximum absolute atomic E-state index is 10.8. The number of nitrogens with zero attached hydrogens (tertiary/aromatic N) is 1. The summed E-state index contributed by atoms with van der Waals surface area (Å²) in [5, 5.41) is 12.3. The molecule has 6 aromatic rings. The number of benzene rings is 4. The molecule has 1 N–H and O–H groups in total. The van der Waals surface area contributed by atoms with Gasteiger partial charge in [-0.25, -0.2) is 4.98 Å². The topological polar surface area (TPSA) is 83.2 Å². The molecule has 0 amide bonds. The predicted octanol–water partition coefficient (Wildman–Crippen LogP) is 8.84. The Morgan fingerprint density at radius 2 is 1.30 bits per heavy atom. The van der Waals surface area contributed by atoms with Gasteiger partial charge in [-0.15, -0.1) is 11.3 Å². The molecular weight excluding hydrogens is 670 g/mol. The van der Waals surface area contributed by atoms with Crippen LogP contribution >= 0.6 is 22.9 Å². The molecule has 5 atom stereocenters. The number of hydrogen-bond donors (Lipinski definition) is 1. The minimum Gasteiger partial charge on any atom is -0.463 e. The van der Waals surface area contributed by atoms with Crippen LogP contribution in [0.3, 0.4) is 0 Å². The van der Waals surface area contributed by atoms with Crippen LogP contribution in [-0.4, -0.2) is 41.1 Å². The van der Waals surface area contributed by atoms with Crippen LogP contribution in [0.25, 0.3) is 10.6 Å². The van der Waals surface area contributed by atoms with E-state index in [1.165, 1.54) is 0 Å². The van der Waals surface area contributed by atoms with Gasteiger partial charge in [-0.3, -0.25) is 0 Å². The first kappa shape index (κ1) is 34.3. The molecule has 2 aromatic heterocycles. The Kier molecular flexibility index (Phi) is 11.5. The van der Waals surface area contributed by atoms with Gasteiger partial charge >= 0.3 is 0 Å². The van der Waals surface area contributed by atoms with Crippen molar-refractivity contribution in [1.82, 2.24) is 4.98 Å². The summed E-state index contributed by atoms with van der Waals surface area (Å²) in [6.45, 7) is 0.731. The Morgan fingerprint density at radius 1 is 0.700 bits per heavy atom. The van der Waals surface area contributed by atoms with Crippen molar-refractivity contribution in [3.8, 4) is 10.6 Å². The minimum absolute atomic E-state index is 0.262. The standard InChI is InChI=1S/C41H38ClNO6S/c42-33-19-18-31(21-32(33)22-37-43-23-36(50-37)34-17-10-20-45-34)38-40(47-26-29-13-6-2-7-14-29)41(48-27-30-15-8-3-9-16-30)39(35(24-44)49-38)46-25-28-11-4-1-5-12-28/h1-21,23,35,38-41,44H,22,24-27H2. The number of aromatic nitrogens is 1. The molecule has 9 heteroatoms. The van der Waals surface area contributed by atoms with Crippen molar-refractivity contribution < 1.29 is 28.5 Å². The SMILES string of the molecule is OCC1OC(c2ccc(Cl)c(Cc3ncc(-c4ccco4)s3)c2)C(OCc2ccccc2)C(OCc2ccccc2)C1OCc1ccccc1. The summed E-state index contributed by atoms with van der Waals surface area (Å²) in [6.07, 6.45) is 0.917. The third-order valence-electron chi connectivity index (χ3n) is 8.73. The van der Waals surface area contributed by atoms with E-state index in [1.54, 1.807) is 17.6 Å². The first-order valence-corrected chi connectivity index (χ1v) is 17.8. The fourth-order valence-corrected chi connectivity index (χ4v) is 7.29. The lowest BCUT2D eigenvalue weighted by molar-refractivity contribution is -0.272. The zero-order valence-corrected chi connectivity index (χ0v) is 28.9. The van der Waals surface area contributed by atoms with E-state index >= 15 is 0 Å². The van der Waals surface area contributed by atoms with E-state index in [0.717, 1.165) is 43.5 Å². The second kappa shape index (κ2) is 16.7. The highest BCUT2D eigenvalue weighted by molar-refractivity contribution is 7.15. The number of thiazole rings is 1. The summed E-state index contributed by atoms with van der Waals surface area (Å²) < 4.78 is 32.4. The molecule has 5 unspecified atom stereocenters. The third-order valence-corrected chi connectivity index (χ3v) is 10.1. The van der Waals surface area contributed by atoms with Crippen LogP contribution in [0.15, 0.2) is 138 Å². The summed E-state index contributed by atoms with van der Waals surface area (Å²) in [7, 11) is 0. The Labute approximate surface area is 301 Å². The number of rotatable bonds is 14. The second-order valence-corrected chi connectivity index (χ2v) is 13.7. The molecule has 50 heavy (non-hydrogen) atoms. The number of furan rings is 1. The van der Waals surface area contributed by atoms with Crippen LogP contribution < -0.4 is 0 Å². The predicted molar refractivity (Wildman–Crippen MR) is 194 cm³/mol. The van der Waals surface area contributed by atoms with Gasteiger partial charge in [0.1, 0.15) is 36.3 Å².